The molecule has 0 radical (unpaired) electrons. The molecule has 3 saturated heterocycles. The van der Waals surface area contributed by atoms with Crippen LogP contribution in [0.1, 0.15) is 99.0 Å². The van der Waals surface area contributed by atoms with Gasteiger partial charge in [-0.1, -0.05) is 18.2 Å². The number of benzene rings is 2. The van der Waals surface area contributed by atoms with Crippen LogP contribution in [0.15, 0.2) is 36.5 Å². The predicted octanol–water partition coefficient (Wildman–Crippen LogP) is 9.23. The van der Waals surface area contributed by atoms with Crippen molar-refractivity contribution in [2.24, 2.45) is 0 Å². The Labute approximate surface area is 347 Å². The molecule has 0 aliphatic carbocycles. The fourth-order valence-corrected chi connectivity index (χ4v) is 10.2. The summed E-state index contributed by atoms with van der Waals surface area (Å²) in [6.45, 7) is 17.3. The van der Waals surface area contributed by atoms with Gasteiger partial charge in [-0.2, -0.15) is 9.97 Å². The van der Waals surface area contributed by atoms with Gasteiger partial charge >= 0.3 is 20.7 Å². The number of aromatic nitrogens is 3. The minimum Gasteiger partial charge on any atom is -0.467 e. The number of hydrogen-bond donors (Lipinski definition) is 1. The molecule has 1 N–H and O–H groups in total. The van der Waals surface area contributed by atoms with E-state index in [0.717, 1.165) is 68.0 Å². The lowest BCUT2D eigenvalue weighted by molar-refractivity contribution is 0.00855. The van der Waals surface area contributed by atoms with E-state index in [1.807, 2.05) is 72.7 Å². The Morgan fingerprint density at radius 3 is 2.44 bits per heavy atom. The Kier molecular flexibility index (Phi) is 11.7. The zero-order valence-electron chi connectivity index (χ0n) is 35.5. The van der Waals surface area contributed by atoms with Gasteiger partial charge in [-0.3, -0.25) is 14.4 Å². The number of piperidine rings is 1. The maximum absolute atomic E-state index is 17.6. The molecule has 1 atom stereocenters. The first-order valence-corrected chi connectivity index (χ1v) is 22.1. The number of carbonyl (C=O) groups excluding carboxylic acids is 1. The molecule has 0 spiro atoms. The Hall–Kier alpha value is -3.94. The number of alkyl carbamates (subject to hydrolysis) is 1. The summed E-state index contributed by atoms with van der Waals surface area (Å²) in [5, 5.41) is 5.24. The predicted molar refractivity (Wildman–Crippen MR) is 226 cm³/mol. The molecule has 1 amide bonds. The molecule has 4 aromatic rings. The lowest BCUT2D eigenvalue weighted by Gasteiger charge is -2.41. The van der Waals surface area contributed by atoms with Gasteiger partial charge in [-0.25, -0.2) is 9.18 Å². The standard InChI is InChI=1S/C44H58FN6O7P/c1-41(2,3)57-59(58-42(4,5)6)56-28-55-31-23-30-14-8-13-29-15-9-22-53-40(52)49-43(7)16-10-19-50(26-43)38-33-25-46-36(32(24-31)34(29)30)35(45)37(33)47-39(48-38)54-27-44-17-11-20-51(44)21-12-18-44/h8,13-14,23-25H,9-12,15-22,26-28H2,1-7H3,(H,49,52). The number of pyridine rings is 1. The molecular weight excluding hydrogens is 774 g/mol. The average molecular weight is 833 g/mol. The van der Waals surface area contributed by atoms with Gasteiger partial charge in [-0.05, 0) is 141 Å². The summed E-state index contributed by atoms with van der Waals surface area (Å²) in [7, 11) is -1.76. The smallest absolute Gasteiger partial charge is 0.407 e. The van der Waals surface area contributed by atoms with Crippen LogP contribution in [0.5, 0.6) is 11.8 Å². The molecule has 3 fully saturated rings. The Morgan fingerprint density at radius 1 is 0.949 bits per heavy atom. The van der Waals surface area contributed by atoms with Crippen LogP contribution < -0.4 is 19.7 Å². The van der Waals surface area contributed by atoms with Gasteiger partial charge in [0.1, 0.15) is 29.4 Å². The molecule has 13 nitrogen and oxygen atoms in total. The third-order valence-corrected chi connectivity index (χ3v) is 13.2. The molecule has 9 rings (SSSR count). The maximum Gasteiger partial charge on any atom is 0.407 e. The number of nitrogens with one attached hydrogen (secondary N) is 1. The molecule has 15 heteroatoms. The number of aryl methyl sites for hydroxylation is 1. The van der Waals surface area contributed by atoms with E-state index in [1.54, 1.807) is 12.3 Å². The van der Waals surface area contributed by atoms with E-state index in [0.29, 0.717) is 55.1 Å². The monoisotopic (exact) mass is 832 g/mol. The Bertz CT molecular complexity index is 2170. The SMILES string of the molecule is CC12CCCN(C1)c1nc(OCC34CCCN3CCC4)nc3c(F)c(ncc13)-c1cc(OCOP(OC(C)(C)C)OC(C)(C)C)cc3cccc(c13)CCCOC(=O)N2. The van der Waals surface area contributed by atoms with Gasteiger partial charge in [0.05, 0.1) is 34.3 Å². The maximum atomic E-state index is 17.6. The van der Waals surface area contributed by atoms with Gasteiger partial charge in [-0.15, -0.1) is 0 Å². The van der Waals surface area contributed by atoms with E-state index >= 15 is 4.39 Å². The molecule has 2 aromatic heterocycles. The highest BCUT2D eigenvalue weighted by atomic mass is 31.2. The van der Waals surface area contributed by atoms with Crippen molar-refractivity contribution < 1.29 is 37.0 Å². The van der Waals surface area contributed by atoms with Gasteiger partial charge in [0, 0.05) is 24.8 Å². The molecular formula is C44H58FN6O7P. The second-order valence-corrected chi connectivity index (χ2v) is 19.7. The topological polar surface area (TPSA) is 130 Å². The number of hydrogen-bond acceptors (Lipinski definition) is 12. The zero-order valence-corrected chi connectivity index (χ0v) is 36.4. The van der Waals surface area contributed by atoms with Crippen LogP contribution in [-0.4, -0.2) is 94.4 Å². The molecule has 59 heavy (non-hydrogen) atoms. The quantitative estimate of drug-likeness (QED) is 0.128. The summed E-state index contributed by atoms with van der Waals surface area (Å²) in [6, 6.07) is 9.77. The fourth-order valence-electron chi connectivity index (χ4n) is 9.02. The minimum absolute atomic E-state index is 0.0565. The Morgan fingerprint density at radius 2 is 1.69 bits per heavy atom. The molecule has 7 heterocycles. The van der Waals surface area contributed by atoms with E-state index in [9.17, 15) is 4.79 Å². The molecule has 5 aliphatic heterocycles. The summed E-state index contributed by atoms with van der Waals surface area (Å²) in [4.78, 5) is 32.4. The van der Waals surface area contributed by atoms with Crippen molar-refractivity contribution in [1.82, 2.24) is 25.2 Å². The molecule has 318 valence electrons. The number of nitrogens with zero attached hydrogens (tertiary/aromatic N) is 5. The summed E-state index contributed by atoms with van der Waals surface area (Å²) >= 11 is 0. The van der Waals surface area contributed by atoms with Crippen molar-refractivity contribution in [2.75, 3.05) is 51.1 Å². The van der Waals surface area contributed by atoms with Gasteiger partial charge in [0.2, 0.25) is 0 Å². The number of ether oxygens (including phenoxy) is 3. The molecule has 1 unspecified atom stereocenters. The van der Waals surface area contributed by atoms with E-state index in [-0.39, 0.29) is 36.2 Å². The van der Waals surface area contributed by atoms with E-state index in [2.05, 4.69) is 15.1 Å². The van der Waals surface area contributed by atoms with Crippen molar-refractivity contribution in [2.45, 2.75) is 122 Å². The fraction of sp³-hybridized carbons (Fsp3) is 0.591. The first-order valence-electron chi connectivity index (χ1n) is 21.0. The van der Waals surface area contributed by atoms with Gasteiger partial charge < -0.3 is 33.5 Å². The lowest BCUT2D eigenvalue weighted by Crippen LogP contribution is -2.57. The summed E-state index contributed by atoms with van der Waals surface area (Å²) < 4.78 is 54.4. The number of anilines is 1. The number of carbonyl (C=O) groups is 1. The van der Waals surface area contributed by atoms with Crippen LogP contribution >= 0.6 is 8.60 Å². The van der Waals surface area contributed by atoms with Gasteiger partial charge in [0.25, 0.3) is 0 Å². The number of fused-ring (bicyclic) bond motifs is 7. The van der Waals surface area contributed by atoms with Gasteiger partial charge in [0.15, 0.2) is 12.6 Å². The van der Waals surface area contributed by atoms with Crippen LogP contribution in [0.2, 0.25) is 0 Å². The summed E-state index contributed by atoms with van der Waals surface area (Å²) in [5.41, 5.74) is 0.0532. The number of rotatable bonds is 9. The highest BCUT2D eigenvalue weighted by Crippen LogP contribution is 2.48. The zero-order chi connectivity index (χ0) is 41.6. The lowest BCUT2D eigenvalue weighted by atomic mass is 9.91. The summed E-state index contributed by atoms with van der Waals surface area (Å²) in [6.07, 6.45) is 8.22. The summed E-state index contributed by atoms with van der Waals surface area (Å²) in [5.74, 6) is 0.394. The highest BCUT2D eigenvalue weighted by Gasteiger charge is 2.45. The first kappa shape index (κ1) is 41.8. The second kappa shape index (κ2) is 16.5. The first-order chi connectivity index (χ1) is 28.1. The molecule has 0 saturated carbocycles. The van der Waals surface area contributed by atoms with Crippen molar-refractivity contribution in [3.05, 3.63) is 47.9 Å². The average Bonchev–Trinajstić information content (AvgIpc) is 3.74. The van der Waals surface area contributed by atoms with Crippen molar-refractivity contribution in [1.29, 1.82) is 0 Å². The van der Waals surface area contributed by atoms with Crippen LogP contribution in [0.4, 0.5) is 15.0 Å². The van der Waals surface area contributed by atoms with Crippen molar-refractivity contribution >= 4 is 42.2 Å². The van der Waals surface area contributed by atoms with Crippen LogP contribution in [0.3, 0.4) is 0 Å². The molecule has 6 bridgehead atoms. The van der Waals surface area contributed by atoms with Crippen LogP contribution in [0, 0.1) is 5.82 Å². The van der Waals surface area contributed by atoms with Crippen molar-refractivity contribution in [3.63, 3.8) is 0 Å². The second-order valence-electron chi connectivity index (χ2n) is 18.7. The molecule has 5 aliphatic rings. The number of halogens is 1. The third kappa shape index (κ3) is 9.37. The highest BCUT2D eigenvalue weighted by molar-refractivity contribution is 7.41. The van der Waals surface area contributed by atoms with Crippen molar-refractivity contribution in [3.8, 4) is 23.0 Å². The van der Waals surface area contributed by atoms with E-state index < -0.39 is 37.3 Å². The minimum atomic E-state index is -1.76. The molecule has 2 aromatic carbocycles. The largest absolute Gasteiger partial charge is 0.467 e. The normalized spacial score (nSPS) is 21.2. The Balaban J connectivity index is 1.23. The third-order valence-electron chi connectivity index (χ3n) is 11.5. The van der Waals surface area contributed by atoms with Crippen LogP contribution in [-0.2, 0) is 24.7 Å². The van der Waals surface area contributed by atoms with Crippen LogP contribution in [0.25, 0.3) is 32.9 Å². The number of amides is 1. The van der Waals surface area contributed by atoms with E-state index in [1.165, 1.54) is 0 Å². The van der Waals surface area contributed by atoms with E-state index in [4.69, 9.17) is 42.7 Å².